The summed E-state index contributed by atoms with van der Waals surface area (Å²) in [6.07, 6.45) is 4.30. The second-order valence-corrected chi connectivity index (χ2v) is 10.2. The average Bonchev–Trinajstić information content (AvgIpc) is 2.19. The van der Waals surface area contributed by atoms with Gasteiger partial charge in [0, 0.05) is 0 Å². The Labute approximate surface area is 93.4 Å². The van der Waals surface area contributed by atoms with Gasteiger partial charge >= 0.3 is 93.6 Å². The van der Waals surface area contributed by atoms with Crippen LogP contribution in [0.1, 0.15) is 0 Å². The summed E-state index contributed by atoms with van der Waals surface area (Å²) in [5.74, 6) is 0. The number of ether oxygens (including phenoxy) is 2. The van der Waals surface area contributed by atoms with E-state index in [0.717, 1.165) is 0 Å². The van der Waals surface area contributed by atoms with E-state index in [9.17, 15) is 0 Å². The Morgan fingerprint density at radius 1 is 1.08 bits per heavy atom. The first-order valence-corrected chi connectivity index (χ1v) is 12.4. The summed E-state index contributed by atoms with van der Waals surface area (Å²) < 4.78 is 12.9. The summed E-state index contributed by atoms with van der Waals surface area (Å²) in [5, 5.41) is 0. The third-order valence-electron chi connectivity index (χ3n) is 2.11. The second-order valence-electron chi connectivity index (χ2n) is 2.95. The Morgan fingerprint density at radius 2 is 1.46 bits per heavy atom. The van der Waals surface area contributed by atoms with Gasteiger partial charge in [-0.25, -0.2) is 0 Å². The molecule has 0 aliphatic heterocycles. The third kappa shape index (κ3) is 6.41. The molecule has 13 heavy (non-hydrogen) atoms. The molecule has 2 unspecified atom stereocenters. The second kappa shape index (κ2) is 8.91. The van der Waals surface area contributed by atoms with Crippen LogP contribution in [0.5, 0.6) is 0 Å². The zero-order valence-electron chi connectivity index (χ0n) is 8.66. The van der Waals surface area contributed by atoms with Crippen molar-refractivity contribution in [3.05, 3.63) is 25.3 Å². The molecule has 0 saturated heterocycles. The number of methoxy groups -OCH3 is 2. The molecule has 0 bridgehead atoms. The van der Waals surface area contributed by atoms with Gasteiger partial charge in [-0.15, -0.1) is 0 Å². The van der Waals surface area contributed by atoms with E-state index in [-0.39, 0.29) is 12.2 Å². The van der Waals surface area contributed by atoms with Crippen molar-refractivity contribution < 1.29 is 34.0 Å². The van der Waals surface area contributed by atoms with Gasteiger partial charge in [-0.2, -0.15) is 0 Å². The Hall–Kier alpha value is 0.335. The van der Waals surface area contributed by atoms with Crippen molar-refractivity contribution in [2.45, 2.75) is 20.1 Å². The first-order chi connectivity index (χ1) is 6.28. The van der Waals surface area contributed by atoms with Gasteiger partial charge in [0.2, 0.25) is 0 Å². The third-order valence-corrected chi connectivity index (χ3v) is 9.71. The molecular formula is C10H18HgO2. The molecule has 0 fully saturated rings. The van der Waals surface area contributed by atoms with E-state index in [0.29, 0.717) is 0 Å². The Balaban J connectivity index is 3.52. The van der Waals surface area contributed by atoms with Crippen molar-refractivity contribution in [2.24, 2.45) is 0 Å². The molecular weight excluding hydrogens is 353 g/mol. The summed E-state index contributed by atoms with van der Waals surface area (Å²) in [6.45, 7) is 7.46. The van der Waals surface area contributed by atoms with Crippen molar-refractivity contribution in [1.29, 1.82) is 0 Å². The summed E-state index contributed by atoms with van der Waals surface area (Å²) in [6, 6.07) is 0. The van der Waals surface area contributed by atoms with Gasteiger partial charge in [-0.05, 0) is 0 Å². The molecule has 72 valence electrons. The van der Waals surface area contributed by atoms with Gasteiger partial charge in [-0.3, -0.25) is 0 Å². The van der Waals surface area contributed by atoms with E-state index in [1.54, 1.807) is 14.2 Å². The molecule has 2 nitrogen and oxygen atoms in total. The van der Waals surface area contributed by atoms with E-state index >= 15 is 0 Å². The molecule has 0 spiro atoms. The molecule has 0 aromatic rings. The molecule has 0 radical (unpaired) electrons. The Bertz CT molecular complexity index is 132. The molecule has 2 atom stereocenters. The van der Waals surface area contributed by atoms with E-state index in [4.69, 9.17) is 9.47 Å². The predicted molar refractivity (Wildman–Crippen MR) is 51.6 cm³/mol. The van der Waals surface area contributed by atoms with Crippen LogP contribution in [0.4, 0.5) is 0 Å². The first kappa shape index (κ1) is 13.3. The Morgan fingerprint density at radius 3 is 1.69 bits per heavy atom. The molecule has 0 rings (SSSR count). The van der Waals surface area contributed by atoms with Gasteiger partial charge in [0.1, 0.15) is 0 Å². The van der Waals surface area contributed by atoms with Crippen LogP contribution in [0, 0.1) is 0 Å². The van der Waals surface area contributed by atoms with E-state index < -0.39 is 24.6 Å². The first-order valence-electron chi connectivity index (χ1n) is 4.59. The predicted octanol–water partition coefficient (Wildman–Crippen LogP) is 2.31. The zero-order chi connectivity index (χ0) is 10.1. The quantitative estimate of drug-likeness (QED) is 0.482. The van der Waals surface area contributed by atoms with Crippen molar-refractivity contribution >= 4 is 0 Å². The summed E-state index contributed by atoms with van der Waals surface area (Å²) in [4.78, 5) is 0. The molecule has 0 N–H and O–H groups in total. The van der Waals surface area contributed by atoms with E-state index in [1.807, 2.05) is 12.2 Å². The number of rotatable bonds is 8. The molecule has 3 heteroatoms. The fourth-order valence-electron chi connectivity index (χ4n) is 1.18. The minimum absolute atomic E-state index is 0.268. The van der Waals surface area contributed by atoms with Crippen LogP contribution >= 0.6 is 0 Å². The topological polar surface area (TPSA) is 18.5 Å². The van der Waals surface area contributed by atoms with Crippen molar-refractivity contribution in [2.75, 3.05) is 14.2 Å². The van der Waals surface area contributed by atoms with Crippen molar-refractivity contribution in [1.82, 2.24) is 0 Å². The van der Waals surface area contributed by atoms with Crippen LogP contribution in [0.25, 0.3) is 0 Å². The molecule has 0 aliphatic carbocycles. The molecule has 0 aliphatic rings. The maximum atomic E-state index is 5.22. The number of hydrogen-bond acceptors (Lipinski definition) is 2. The summed E-state index contributed by atoms with van der Waals surface area (Å²) in [7, 11) is 3.48. The van der Waals surface area contributed by atoms with E-state index in [2.05, 4.69) is 13.2 Å². The minimum atomic E-state index is -0.831. The van der Waals surface area contributed by atoms with Crippen LogP contribution < -0.4 is 0 Å². The standard InChI is InChI=1S/2C5H9O.Hg/c2*1-4-5(2)6-3;/h2*4-5H,1-2H2,3H3;. The fourth-order valence-corrected chi connectivity index (χ4v) is 8.89. The van der Waals surface area contributed by atoms with Crippen LogP contribution in [0.2, 0.25) is 7.86 Å². The molecule has 0 heterocycles. The zero-order valence-corrected chi connectivity index (χ0v) is 14.2. The van der Waals surface area contributed by atoms with Gasteiger partial charge in [-0.1, -0.05) is 0 Å². The van der Waals surface area contributed by atoms with Crippen LogP contribution in [-0.2, 0) is 34.0 Å². The summed E-state index contributed by atoms with van der Waals surface area (Å²) in [5.41, 5.74) is 0. The maximum absolute atomic E-state index is 5.22. The normalized spacial score (nSPS) is 14.3. The van der Waals surface area contributed by atoms with Gasteiger partial charge < -0.3 is 0 Å². The van der Waals surface area contributed by atoms with E-state index in [1.165, 1.54) is 7.86 Å². The van der Waals surface area contributed by atoms with Gasteiger partial charge in [0.25, 0.3) is 0 Å². The molecule has 0 saturated carbocycles. The fraction of sp³-hybridized carbons (Fsp3) is 0.600. The number of hydrogen-bond donors (Lipinski definition) is 0. The summed E-state index contributed by atoms with van der Waals surface area (Å²) >= 11 is -0.831. The SMILES string of the molecule is C=CC([CH2][Hg][CH2]C(C=C)OC)OC. The molecule has 0 aromatic carbocycles. The Kier molecular flexibility index (Phi) is 9.14. The van der Waals surface area contributed by atoms with Crippen LogP contribution in [0.15, 0.2) is 25.3 Å². The molecule has 0 aromatic heterocycles. The van der Waals surface area contributed by atoms with Crippen molar-refractivity contribution in [3.63, 3.8) is 0 Å². The average molecular weight is 371 g/mol. The van der Waals surface area contributed by atoms with Crippen molar-refractivity contribution in [3.8, 4) is 0 Å². The van der Waals surface area contributed by atoms with Gasteiger partial charge in [0.05, 0.1) is 0 Å². The monoisotopic (exact) mass is 372 g/mol. The van der Waals surface area contributed by atoms with Crippen LogP contribution in [-0.4, -0.2) is 26.4 Å². The van der Waals surface area contributed by atoms with Gasteiger partial charge in [0.15, 0.2) is 0 Å². The molecule has 0 amide bonds. The van der Waals surface area contributed by atoms with Crippen LogP contribution in [0.3, 0.4) is 0 Å².